The van der Waals surface area contributed by atoms with Crippen molar-refractivity contribution in [3.05, 3.63) is 0 Å². The van der Waals surface area contributed by atoms with Crippen molar-refractivity contribution in [1.29, 1.82) is 0 Å². The summed E-state index contributed by atoms with van der Waals surface area (Å²) in [5.74, 6) is -0.276. The molecule has 0 saturated carbocycles. The Labute approximate surface area is 126 Å². The molecule has 21 heavy (non-hydrogen) atoms. The van der Waals surface area contributed by atoms with Crippen LogP contribution >= 0.6 is 0 Å². The first-order chi connectivity index (χ1) is 9.65. The summed E-state index contributed by atoms with van der Waals surface area (Å²) in [5.41, 5.74) is -0.597. The summed E-state index contributed by atoms with van der Waals surface area (Å²) in [7, 11) is 0. The Bertz CT molecular complexity index is 360. The quantitative estimate of drug-likeness (QED) is 0.644. The number of esters is 1. The van der Waals surface area contributed by atoms with E-state index >= 15 is 0 Å². The van der Waals surface area contributed by atoms with Crippen molar-refractivity contribution in [2.24, 2.45) is 0 Å². The Morgan fingerprint density at radius 1 is 1.05 bits per heavy atom. The number of nitrogens with zero attached hydrogens (tertiary/aromatic N) is 1. The van der Waals surface area contributed by atoms with Crippen LogP contribution in [0, 0.1) is 0 Å². The van der Waals surface area contributed by atoms with E-state index in [-0.39, 0.29) is 24.7 Å². The van der Waals surface area contributed by atoms with Gasteiger partial charge in [0.25, 0.3) is 0 Å². The van der Waals surface area contributed by atoms with Gasteiger partial charge in [0.2, 0.25) is 0 Å². The van der Waals surface area contributed by atoms with Gasteiger partial charge in [0, 0.05) is 19.5 Å². The van der Waals surface area contributed by atoms with Crippen LogP contribution in [-0.2, 0) is 19.1 Å². The van der Waals surface area contributed by atoms with Crippen LogP contribution < -0.4 is 0 Å². The zero-order chi connectivity index (χ0) is 16.5. The molecule has 0 aliphatic heterocycles. The van der Waals surface area contributed by atoms with Gasteiger partial charge < -0.3 is 19.2 Å². The molecule has 0 N–H and O–H groups in total. The van der Waals surface area contributed by atoms with Crippen LogP contribution in [0.1, 0.15) is 53.9 Å². The maximum atomic E-state index is 12.1. The summed E-state index contributed by atoms with van der Waals surface area (Å²) in [4.78, 5) is 35.9. The van der Waals surface area contributed by atoms with E-state index in [1.54, 1.807) is 27.7 Å². The third-order valence-corrected chi connectivity index (χ3v) is 2.50. The van der Waals surface area contributed by atoms with Crippen LogP contribution in [0.2, 0.25) is 0 Å². The third kappa shape index (κ3) is 10.8. The standard InChI is InChI=1S/C15H27NO5/c1-6-20-13(18)9-11-16(10-7-8-12(2)17)14(19)21-15(3,4)5/h6-11H2,1-5H3. The van der Waals surface area contributed by atoms with Gasteiger partial charge in [-0.15, -0.1) is 0 Å². The summed E-state index contributed by atoms with van der Waals surface area (Å²) < 4.78 is 10.1. The minimum atomic E-state index is -0.597. The zero-order valence-corrected chi connectivity index (χ0v) is 13.7. The van der Waals surface area contributed by atoms with Gasteiger partial charge in [-0.2, -0.15) is 0 Å². The first kappa shape index (κ1) is 19.4. The minimum Gasteiger partial charge on any atom is -0.466 e. The molecule has 6 heteroatoms. The lowest BCUT2D eigenvalue weighted by atomic mass is 10.2. The van der Waals surface area contributed by atoms with Crippen LogP contribution in [0.25, 0.3) is 0 Å². The summed E-state index contributed by atoms with van der Waals surface area (Å²) in [5, 5.41) is 0. The fourth-order valence-electron chi connectivity index (χ4n) is 1.60. The molecule has 0 atom stereocenters. The predicted octanol–water partition coefficient (Wildman–Crippen LogP) is 2.55. The van der Waals surface area contributed by atoms with Gasteiger partial charge in [-0.1, -0.05) is 0 Å². The van der Waals surface area contributed by atoms with E-state index in [4.69, 9.17) is 9.47 Å². The van der Waals surface area contributed by atoms with Gasteiger partial charge in [0.1, 0.15) is 11.4 Å². The molecule has 0 aromatic heterocycles. The summed E-state index contributed by atoms with van der Waals surface area (Å²) in [6.07, 6.45) is 0.596. The molecule has 122 valence electrons. The number of carbonyl (C=O) groups is 3. The van der Waals surface area contributed by atoms with Crippen molar-refractivity contribution in [3.8, 4) is 0 Å². The van der Waals surface area contributed by atoms with E-state index in [2.05, 4.69) is 0 Å². The second-order valence-electron chi connectivity index (χ2n) is 5.83. The monoisotopic (exact) mass is 301 g/mol. The molecular weight excluding hydrogens is 274 g/mol. The molecule has 0 aromatic carbocycles. The topological polar surface area (TPSA) is 72.9 Å². The second kappa shape index (κ2) is 9.37. The molecule has 0 fully saturated rings. The average Bonchev–Trinajstić information content (AvgIpc) is 2.31. The first-order valence-electron chi connectivity index (χ1n) is 7.28. The number of amides is 1. The highest BCUT2D eigenvalue weighted by molar-refractivity contribution is 5.75. The van der Waals surface area contributed by atoms with Crippen molar-refractivity contribution in [1.82, 2.24) is 4.90 Å². The Kier molecular flexibility index (Phi) is 8.66. The number of rotatable bonds is 8. The van der Waals surface area contributed by atoms with Crippen molar-refractivity contribution < 1.29 is 23.9 Å². The predicted molar refractivity (Wildman–Crippen MR) is 79.0 cm³/mol. The molecule has 0 bridgehead atoms. The third-order valence-electron chi connectivity index (χ3n) is 2.50. The highest BCUT2D eigenvalue weighted by atomic mass is 16.6. The maximum absolute atomic E-state index is 12.1. The summed E-state index contributed by atoms with van der Waals surface area (Å²) >= 11 is 0. The lowest BCUT2D eigenvalue weighted by molar-refractivity contribution is -0.143. The fraction of sp³-hybridized carbons (Fsp3) is 0.800. The van der Waals surface area contributed by atoms with Gasteiger partial charge >= 0.3 is 12.1 Å². The van der Waals surface area contributed by atoms with Crippen LogP contribution in [0.5, 0.6) is 0 Å². The zero-order valence-electron chi connectivity index (χ0n) is 13.7. The van der Waals surface area contributed by atoms with Crippen LogP contribution in [0.15, 0.2) is 0 Å². The molecule has 1 amide bonds. The number of ether oxygens (including phenoxy) is 2. The van der Waals surface area contributed by atoms with Gasteiger partial charge in [-0.05, 0) is 41.0 Å². The SMILES string of the molecule is CCOC(=O)CCN(CCCC(C)=O)C(=O)OC(C)(C)C. The highest BCUT2D eigenvalue weighted by Gasteiger charge is 2.22. The minimum absolute atomic E-state index is 0.0736. The molecule has 0 saturated heterocycles. The molecule has 0 aromatic rings. The lowest BCUT2D eigenvalue weighted by Gasteiger charge is -2.27. The summed E-state index contributed by atoms with van der Waals surface area (Å²) in [6, 6.07) is 0. The number of hydrogen-bond donors (Lipinski definition) is 0. The average molecular weight is 301 g/mol. The van der Waals surface area contributed by atoms with Crippen molar-refractivity contribution >= 4 is 17.8 Å². The highest BCUT2D eigenvalue weighted by Crippen LogP contribution is 2.11. The van der Waals surface area contributed by atoms with E-state index in [1.165, 1.54) is 11.8 Å². The Balaban J connectivity index is 4.49. The number of carbonyl (C=O) groups excluding carboxylic acids is 3. The molecule has 0 spiro atoms. The normalized spacial score (nSPS) is 10.9. The largest absolute Gasteiger partial charge is 0.466 e. The number of Topliss-reactive ketones (excluding diaryl/α,β-unsaturated/α-hetero) is 1. The Morgan fingerprint density at radius 2 is 1.67 bits per heavy atom. The second-order valence-corrected chi connectivity index (χ2v) is 5.83. The van der Waals surface area contributed by atoms with Crippen molar-refractivity contribution in [2.75, 3.05) is 19.7 Å². The van der Waals surface area contributed by atoms with E-state index < -0.39 is 11.7 Å². The van der Waals surface area contributed by atoms with Crippen LogP contribution in [0.3, 0.4) is 0 Å². The Morgan fingerprint density at radius 3 is 2.14 bits per heavy atom. The van der Waals surface area contributed by atoms with E-state index in [0.717, 1.165) is 0 Å². The van der Waals surface area contributed by atoms with Crippen molar-refractivity contribution in [2.45, 2.75) is 59.5 Å². The van der Waals surface area contributed by atoms with Gasteiger partial charge in [-0.3, -0.25) is 4.79 Å². The summed E-state index contributed by atoms with van der Waals surface area (Å²) in [6.45, 7) is 9.51. The molecule has 6 nitrogen and oxygen atoms in total. The van der Waals surface area contributed by atoms with Gasteiger partial charge in [0.05, 0.1) is 13.0 Å². The maximum Gasteiger partial charge on any atom is 0.410 e. The van der Waals surface area contributed by atoms with Crippen molar-refractivity contribution in [3.63, 3.8) is 0 Å². The number of ketones is 1. The Hall–Kier alpha value is -1.59. The smallest absolute Gasteiger partial charge is 0.410 e. The first-order valence-corrected chi connectivity index (χ1v) is 7.28. The molecule has 0 unspecified atom stereocenters. The molecule has 0 aliphatic carbocycles. The fourth-order valence-corrected chi connectivity index (χ4v) is 1.60. The molecule has 0 rings (SSSR count). The molecule has 0 aliphatic rings. The van der Waals surface area contributed by atoms with Gasteiger partial charge in [-0.25, -0.2) is 4.79 Å². The van der Waals surface area contributed by atoms with E-state index in [0.29, 0.717) is 26.0 Å². The lowest BCUT2D eigenvalue weighted by Crippen LogP contribution is -2.38. The van der Waals surface area contributed by atoms with Crippen LogP contribution in [0.4, 0.5) is 4.79 Å². The molecular formula is C15H27NO5. The number of hydrogen-bond acceptors (Lipinski definition) is 5. The molecule has 0 heterocycles. The molecule has 0 radical (unpaired) electrons. The van der Waals surface area contributed by atoms with Crippen LogP contribution in [-0.4, -0.2) is 48.0 Å². The van der Waals surface area contributed by atoms with E-state index in [9.17, 15) is 14.4 Å². The van der Waals surface area contributed by atoms with E-state index in [1.807, 2.05) is 0 Å². The van der Waals surface area contributed by atoms with Gasteiger partial charge in [0.15, 0.2) is 0 Å².